The second-order valence-electron chi connectivity index (χ2n) is 7.92. The first-order valence-corrected chi connectivity index (χ1v) is 10.3. The van der Waals surface area contributed by atoms with E-state index in [9.17, 15) is 4.79 Å². The lowest BCUT2D eigenvalue weighted by atomic mass is 9.96. The summed E-state index contributed by atoms with van der Waals surface area (Å²) in [6.07, 6.45) is 3.44. The predicted molar refractivity (Wildman–Crippen MR) is 115 cm³/mol. The Labute approximate surface area is 171 Å². The number of hydrogen-bond donors (Lipinski definition) is 2. The van der Waals surface area contributed by atoms with Crippen LogP contribution >= 0.6 is 0 Å². The highest BCUT2D eigenvalue weighted by molar-refractivity contribution is 5.86. The first kappa shape index (κ1) is 19.5. The second-order valence-corrected chi connectivity index (χ2v) is 7.92. The number of carboxylic acids is 1. The second kappa shape index (κ2) is 8.66. The number of rotatable bonds is 7. The van der Waals surface area contributed by atoms with E-state index in [1.165, 1.54) is 21.9 Å². The van der Waals surface area contributed by atoms with Crippen LogP contribution in [0.3, 0.4) is 0 Å². The zero-order valence-electron chi connectivity index (χ0n) is 16.7. The maximum absolute atomic E-state index is 10.6. The van der Waals surface area contributed by atoms with Gasteiger partial charge in [0.1, 0.15) is 5.75 Å². The van der Waals surface area contributed by atoms with Crippen molar-refractivity contribution in [2.24, 2.45) is 0 Å². The smallest absolute Gasteiger partial charge is 0.341 e. The number of carbonyl (C=O) groups is 1. The van der Waals surface area contributed by atoms with Gasteiger partial charge in [-0.05, 0) is 66.1 Å². The van der Waals surface area contributed by atoms with Gasteiger partial charge in [-0.2, -0.15) is 0 Å². The van der Waals surface area contributed by atoms with E-state index in [0.29, 0.717) is 23.8 Å². The van der Waals surface area contributed by atoms with Crippen molar-refractivity contribution in [2.45, 2.75) is 44.2 Å². The molecule has 4 nitrogen and oxygen atoms in total. The van der Waals surface area contributed by atoms with Crippen molar-refractivity contribution in [3.8, 4) is 5.75 Å². The number of fused-ring (bicyclic) bond motifs is 1. The van der Waals surface area contributed by atoms with Crippen LogP contribution in [0.5, 0.6) is 5.75 Å². The first-order valence-electron chi connectivity index (χ1n) is 10.3. The SMILES string of the molecule is C[C@@H](NC1CCC(c2ccc(OCC(=O)O)cc2)C1)c1cccc2ccccc12. The van der Waals surface area contributed by atoms with Gasteiger partial charge >= 0.3 is 5.97 Å². The van der Waals surface area contributed by atoms with Crippen molar-refractivity contribution >= 4 is 16.7 Å². The lowest BCUT2D eigenvalue weighted by Gasteiger charge is -2.21. The number of carboxylic acid groups (broad SMARTS) is 1. The third-order valence-electron chi connectivity index (χ3n) is 5.92. The Balaban J connectivity index is 1.38. The van der Waals surface area contributed by atoms with Gasteiger partial charge in [0, 0.05) is 12.1 Å². The Kier molecular flexibility index (Phi) is 5.81. The summed E-state index contributed by atoms with van der Waals surface area (Å²) in [5.41, 5.74) is 2.65. The fourth-order valence-electron chi connectivity index (χ4n) is 4.49. The monoisotopic (exact) mass is 389 g/mol. The van der Waals surface area contributed by atoms with Crippen molar-refractivity contribution in [1.29, 1.82) is 0 Å². The molecule has 1 fully saturated rings. The average molecular weight is 389 g/mol. The number of ether oxygens (including phenoxy) is 1. The summed E-state index contributed by atoms with van der Waals surface area (Å²) in [6.45, 7) is 1.95. The fourth-order valence-corrected chi connectivity index (χ4v) is 4.49. The minimum absolute atomic E-state index is 0.302. The standard InChI is InChI=1S/C25H27NO3/c1-17(23-8-4-6-19-5-2-3-7-24(19)23)26-21-12-9-20(15-21)18-10-13-22(14-11-18)29-16-25(27)28/h2-8,10-11,13-14,17,20-21,26H,9,12,15-16H2,1H3,(H,27,28)/t17-,20?,21?/m1/s1. The average Bonchev–Trinajstić information content (AvgIpc) is 3.20. The molecule has 2 N–H and O–H groups in total. The molecule has 4 rings (SSSR count). The Morgan fingerprint density at radius 1 is 1.07 bits per heavy atom. The Hall–Kier alpha value is -2.85. The minimum atomic E-state index is -0.959. The molecule has 29 heavy (non-hydrogen) atoms. The Morgan fingerprint density at radius 3 is 2.62 bits per heavy atom. The molecule has 0 saturated heterocycles. The summed E-state index contributed by atoms with van der Waals surface area (Å²) < 4.78 is 5.23. The molecule has 0 bridgehead atoms. The molecule has 0 aromatic heterocycles. The molecule has 0 aliphatic heterocycles. The van der Waals surface area contributed by atoms with Crippen LogP contribution in [0.1, 0.15) is 49.3 Å². The highest BCUT2D eigenvalue weighted by Crippen LogP contribution is 2.36. The van der Waals surface area contributed by atoms with E-state index in [1.54, 1.807) is 0 Å². The van der Waals surface area contributed by atoms with Crippen molar-refractivity contribution in [3.05, 3.63) is 77.9 Å². The van der Waals surface area contributed by atoms with E-state index in [0.717, 1.165) is 19.3 Å². The number of aliphatic carboxylic acids is 1. The van der Waals surface area contributed by atoms with Crippen LogP contribution in [0, 0.1) is 0 Å². The maximum atomic E-state index is 10.6. The van der Waals surface area contributed by atoms with Gasteiger partial charge < -0.3 is 15.2 Å². The molecular weight excluding hydrogens is 362 g/mol. The van der Waals surface area contributed by atoms with Gasteiger partial charge in [0.15, 0.2) is 6.61 Å². The zero-order valence-corrected chi connectivity index (χ0v) is 16.7. The third-order valence-corrected chi connectivity index (χ3v) is 5.92. The van der Waals surface area contributed by atoms with E-state index in [1.807, 2.05) is 12.1 Å². The van der Waals surface area contributed by atoms with E-state index >= 15 is 0 Å². The van der Waals surface area contributed by atoms with Crippen molar-refractivity contribution in [3.63, 3.8) is 0 Å². The van der Waals surface area contributed by atoms with Crippen molar-refractivity contribution in [1.82, 2.24) is 5.32 Å². The van der Waals surface area contributed by atoms with E-state index in [2.05, 4.69) is 66.8 Å². The van der Waals surface area contributed by atoms with Crippen LogP contribution in [0.25, 0.3) is 10.8 Å². The minimum Gasteiger partial charge on any atom is -0.482 e. The molecule has 3 aromatic carbocycles. The van der Waals surface area contributed by atoms with Gasteiger partial charge in [0.25, 0.3) is 0 Å². The van der Waals surface area contributed by atoms with Crippen LogP contribution in [0.4, 0.5) is 0 Å². The molecule has 0 amide bonds. The van der Waals surface area contributed by atoms with Crippen molar-refractivity contribution < 1.29 is 14.6 Å². The van der Waals surface area contributed by atoms with Gasteiger partial charge in [-0.3, -0.25) is 0 Å². The normalized spacial score (nSPS) is 19.9. The van der Waals surface area contributed by atoms with E-state index in [-0.39, 0.29) is 6.61 Å². The van der Waals surface area contributed by atoms with Crippen molar-refractivity contribution in [2.75, 3.05) is 6.61 Å². The molecule has 3 aromatic rings. The lowest BCUT2D eigenvalue weighted by molar-refractivity contribution is -0.139. The molecule has 4 heteroatoms. The molecule has 2 unspecified atom stereocenters. The zero-order chi connectivity index (χ0) is 20.2. The number of hydrogen-bond acceptors (Lipinski definition) is 3. The lowest BCUT2D eigenvalue weighted by Crippen LogP contribution is -2.29. The van der Waals surface area contributed by atoms with Crippen LogP contribution in [-0.4, -0.2) is 23.7 Å². The molecule has 0 spiro atoms. The quantitative estimate of drug-likeness (QED) is 0.576. The topological polar surface area (TPSA) is 58.6 Å². The summed E-state index contributed by atoms with van der Waals surface area (Å²) >= 11 is 0. The van der Waals surface area contributed by atoms with E-state index < -0.39 is 5.97 Å². The summed E-state index contributed by atoms with van der Waals surface area (Å²) in [5.74, 6) is 0.174. The van der Waals surface area contributed by atoms with Gasteiger partial charge in [0.05, 0.1) is 0 Å². The Bertz CT molecular complexity index is 978. The van der Waals surface area contributed by atoms with Gasteiger partial charge in [-0.25, -0.2) is 4.79 Å². The molecular formula is C25H27NO3. The first-order chi connectivity index (χ1) is 14.1. The summed E-state index contributed by atoms with van der Waals surface area (Å²) in [5, 5.41) is 15.2. The van der Waals surface area contributed by atoms with Gasteiger partial charge in [-0.1, -0.05) is 54.6 Å². The highest BCUT2D eigenvalue weighted by Gasteiger charge is 2.27. The maximum Gasteiger partial charge on any atom is 0.341 e. The van der Waals surface area contributed by atoms with Crippen LogP contribution in [0.2, 0.25) is 0 Å². The summed E-state index contributed by atoms with van der Waals surface area (Å²) in [6, 6.07) is 23.8. The molecule has 3 atom stereocenters. The molecule has 150 valence electrons. The van der Waals surface area contributed by atoms with Gasteiger partial charge in [-0.15, -0.1) is 0 Å². The van der Waals surface area contributed by atoms with Crippen LogP contribution in [0.15, 0.2) is 66.7 Å². The molecule has 1 aliphatic rings. The number of nitrogens with one attached hydrogen (secondary N) is 1. The largest absolute Gasteiger partial charge is 0.482 e. The fraction of sp³-hybridized carbons (Fsp3) is 0.320. The van der Waals surface area contributed by atoms with Gasteiger partial charge in [0.2, 0.25) is 0 Å². The Morgan fingerprint density at radius 2 is 1.83 bits per heavy atom. The predicted octanol–water partition coefficient (Wildman–Crippen LogP) is 5.29. The van der Waals surface area contributed by atoms with E-state index in [4.69, 9.17) is 9.84 Å². The summed E-state index contributed by atoms with van der Waals surface area (Å²) in [7, 11) is 0. The summed E-state index contributed by atoms with van der Waals surface area (Å²) in [4.78, 5) is 10.6. The third kappa shape index (κ3) is 4.60. The molecule has 0 radical (unpaired) electrons. The molecule has 0 heterocycles. The van der Waals surface area contributed by atoms with Crippen LogP contribution < -0.4 is 10.1 Å². The molecule has 1 aliphatic carbocycles. The number of benzene rings is 3. The van der Waals surface area contributed by atoms with Crippen LogP contribution in [-0.2, 0) is 4.79 Å². The molecule has 1 saturated carbocycles. The highest BCUT2D eigenvalue weighted by atomic mass is 16.5.